The molecular formula is C9H18N2. The Bertz CT molecular complexity index is 144. The first-order valence-corrected chi connectivity index (χ1v) is 4.78. The molecule has 0 aromatic heterocycles. The lowest BCUT2D eigenvalue weighted by Crippen LogP contribution is -2.38. The third-order valence-electron chi connectivity index (χ3n) is 3.10. The summed E-state index contributed by atoms with van der Waals surface area (Å²) in [4.78, 5) is 2.64. The van der Waals surface area contributed by atoms with E-state index in [2.05, 4.69) is 24.1 Å². The molecule has 2 aliphatic rings. The van der Waals surface area contributed by atoms with Crippen LogP contribution in [0.3, 0.4) is 0 Å². The van der Waals surface area contributed by atoms with Gasteiger partial charge in [0.25, 0.3) is 0 Å². The molecule has 0 aromatic rings. The number of hydrogen-bond acceptors (Lipinski definition) is 2. The van der Waals surface area contributed by atoms with Crippen LogP contribution in [0.1, 0.15) is 26.7 Å². The van der Waals surface area contributed by atoms with Crippen LogP contribution >= 0.6 is 0 Å². The fourth-order valence-electron chi connectivity index (χ4n) is 2.54. The highest BCUT2D eigenvalue weighted by Crippen LogP contribution is 2.26. The van der Waals surface area contributed by atoms with Gasteiger partial charge in [-0.2, -0.15) is 0 Å². The van der Waals surface area contributed by atoms with Crippen molar-refractivity contribution >= 4 is 0 Å². The van der Waals surface area contributed by atoms with Crippen molar-refractivity contribution in [3.05, 3.63) is 0 Å². The van der Waals surface area contributed by atoms with Crippen molar-refractivity contribution in [2.75, 3.05) is 13.1 Å². The third kappa shape index (κ3) is 1.18. The summed E-state index contributed by atoms with van der Waals surface area (Å²) in [5.41, 5.74) is 0. The van der Waals surface area contributed by atoms with Gasteiger partial charge in [-0.1, -0.05) is 0 Å². The molecular weight excluding hydrogens is 136 g/mol. The average Bonchev–Trinajstić information content (AvgIpc) is 2.41. The van der Waals surface area contributed by atoms with Crippen LogP contribution in [0.25, 0.3) is 0 Å². The van der Waals surface area contributed by atoms with Crippen molar-refractivity contribution in [3.63, 3.8) is 0 Å². The van der Waals surface area contributed by atoms with Crippen molar-refractivity contribution in [1.29, 1.82) is 0 Å². The molecule has 0 bridgehead atoms. The van der Waals surface area contributed by atoms with Gasteiger partial charge in [-0.3, -0.25) is 4.90 Å². The van der Waals surface area contributed by atoms with Crippen molar-refractivity contribution in [2.45, 2.75) is 44.8 Å². The molecule has 1 N–H and O–H groups in total. The van der Waals surface area contributed by atoms with E-state index in [0.717, 1.165) is 18.1 Å². The molecule has 0 radical (unpaired) electrons. The SMILES string of the molecule is CC(C)N1CC[C@H]2NCC[C@H]21. The van der Waals surface area contributed by atoms with Crippen LogP contribution in [-0.2, 0) is 0 Å². The number of fused-ring (bicyclic) bond motifs is 1. The van der Waals surface area contributed by atoms with Gasteiger partial charge in [0.05, 0.1) is 0 Å². The van der Waals surface area contributed by atoms with Crippen molar-refractivity contribution in [2.24, 2.45) is 0 Å². The molecule has 0 spiro atoms. The molecule has 2 atom stereocenters. The van der Waals surface area contributed by atoms with E-state index in [1.54, 1.807) is 0 Å². The maximum Gasteiger partial charge on any atom is 0.0264 e. The predicted octanol–water partition coefficient (Wildman–Crippen LogP) is 0.831. The van der Waals surface area contributed by atoms with Crippen LogP contribution in [0.4, 0.5) is 0 Å². The molecule has 2 heterocycles. The maximum absolute atomic E-state index is 3.56. The van der Waals surface area contributed by atoms with Crippen LogP contribution in [0.5, 0.6) is 0 Å². The summed E-state index contributed by atoms with van der Waals surface area (Å²) in [6, 6.07) is 2.41. The smallest absolute Gasteiger partial charge is 0.0264 e. The maximum atomic E-state index is 3.56. The van der Waals surface area contributed by atoms with Gasteiger partial charge >= 0.3 is 0 Å². The summed E-state index contributed by atoms with van der Waals surface area (Å²) >= 11 is 0. The van der Waals surface area contributed by atoms with E-state index in [1.165, 1.54) is 25.9 Å². The quantitative estimate of drug-likeness (QED) is 0.602. The van der Waals surface area contributed by atoms with Gasteiger partial charge in [-0.05, 0) is 33.2 Å². The first kappa shape index (κ1) is 7.56. The Morgan fingerprint density at radius 1 is 1.36 bits per heavy atom. The first-order valence-electron chi connectivity index (χ1n) is 4.78. The molecule has 0 aromatic carbocycles. The summed E-state index contributed by atoms with van der Waals surface area (Å²) in [7, 11) is 0. The summed E-state index contributed by atoms with van der Waals surface area (Å²) in [5, 5.41) is 3.56. The third-order valence-corrected chi connectivity index (χ3v) is 3.10. The molecule has 64 valence electrons. The minimum atomic E-state index is 0.741. The van der Waals surface area contributed by atoms with Gasteiger partial charge in [-0.25, -0.2) is 0 Å². The molecule has 2 heteroatoms. The Balaban J connectivity index is 2.03. The van der Waals surface area contributed by atoms with Gasteiger partial charge in [0.2, 0.25) is 0 Å². The summed E-state index contributed by atoms with van der Waals surface area (Å²) in [6.07, 6.45) is 2.73. The van der Waals surface area contributed by atoms with Crippen LogP contribution < -0.4 is 5.32 Å². The van der Waals surface area contributed by atoms with Crippen LogP contribution in [0.2, 0.25) is 0 Å². The molecule has 0 saturated carbocycles. The lowest BCUT2D eigenvalue weighted by atomic mass is 10.1. The predicted molar refractivity (Wildman–Crippen MR) is 46.7 cm³/mol. The monoisotopic (exact) mass is 154 g/mol. The highest BCUT2D eigenvalue weighted by molar-refractivity contribution is 4.97. The number of hydrogen-bond donors (Lipinski definition) is 1. The standard InChI is InChI=1S/C9H18N2/c1-7(2)11-6-4-8-9(11)3-5-10-8/h7-10H,3-6H2,1-2H3/t8-,9-/m1/s1. The molecule has 2 fully saturated rings. The fraction of sp³-hybridized carbons (Fsp3) is 1.00. The molecule has 0 unspecified atom stereocenters. The molecule has 2 rings (SSSR count). The number of rotatable bonds is 1. The molecule has 0 amide bonds. The van der Waals surface area contributed by atoms with E-state index in [-0.39, 0.29) is 0 Å². The highest BCUT2D eigenvalue weighted by atomic mass is 15.3. The van der Waals surface area contributed by atoms with Gasteiger partial charge in [0, 0.05) is 24.7 Å². The Kier molecular flexibility index (Phi) is 1.90. The number of nitrogens with zero attached hydrogens (tertiary/aromatic N) is 1. The van der Waals surface area contributed by atoms with Crippen molar-refractivity contribution in [1.82, 2.24) is 10.2 Å². The van der Waals surface area contributed by atoms with Crippen LogP contribution in [0.15, 0.2) is 0 Å². The normalized spacial score (nSPS) is 38.5. The highest BCUT2D eigenvalue weighted by Gasteiger charge is 2.37. The second-order valence-electron chi connectivity index (χ2n) is 4.04. The topological polar surface area (TPSA) is 15.3 Å². The number of likely N-dealkylation sites (tertiary alicyclic amines) is 1. The summed E-state index contributed by atoms with van der Waals surface area (Å²) < 4.78 is 0. The Labute approximate surface area is 69.0 Å². The van der Waals surface area contributed by atoms with Gasteiger partial charge < -0.3 is 5.32 Å². The molecule has 2 saturated heterocycles. The molecule has 11 heavy (non-hydrogen) atoms. The lowest BCUT2D eigenvalue weighted by Gasteiger charge is -2.26. The summed E-state index contributed by atoms with van der Waals surface area (Å²) in [6.45, 7) is 7.15. The minimum Gasteiger partial charge on any atom is -0.312 e. The van der Waals surface area contributed by atoms with E-state index in [9.17, 15) is 0 Å². The van der Waals surface area contributed by atoms with E-state index < -0.39 is 0 Å². The van der Waals surface area contributed by atoms with Crippen molar-refractivity contribution < 1.29 is 0 Å². The number of nitrogens with one attached hydrogen (secondary N) is 1. The molecule has 0 aliphatic carbocycles. The Hall–Kier alpha value is -0.0800. The van der Waals surface area contributed by atoms with E-state index >= 15 is 0 Å². The minimum absolute atomic E-state index is 0.741. The molecule has 2 nitrogen and oxygen atoms in total. The lowest BCUT2D eigenvalue weighted by molar-refractivity contribution is 0.203. The zero-order valence-corrected chi connectivity index (χ0v) is 7.51. The van der Waals surface area contributed by atoms with Crippen LogP contribution in [0, 0.1) is 0 Å². The van der Waals surface area contributed by atoms with Gasteiger partial charge in [-0.15, -0.1) is 0 Å². The Morgan fingerprint density at radius 2 is 2.18 bits per heavy atom. The average molecular weight is 154 g/mol. The van der Waals surface area contributed by atoms with E-state index in [1.807, 2.05) is 0 Å². The van der Waals surface area contributed by atoms with Crippen LogP contribution in [-0.4, -0.2) is 36.1 Å². The van der Waals surface area contributed by atoms with Gasteiger partial charge in [0.15, 0.2) is 0 Å². The van der Waals surface area contributed by atoms with E-state index in [0.29, 0.717) is 0 Å². The van der Waals surface area contributed by atoms with E-state index in [4.69, 9.17) is 0 Å². The Morgan fingerprint density at radius 3 is 2.91 bits per heavy atom. The fourth-order valence-corrected chi connectivity index (χ4v) is 2.54. The second-order valence-corrected chi connectivity index (χ2v) is 4.04. The molecule has 2 aliphatic heterocycles. The largest absolute Gasteiger partial charge is 0.312 e. The second kappa shape index (κ2) is 2.76. The van der Waals surface area contributed by atoms with Crippen molar-refractivity contribution in [3.8, 4) is 0 Å². The van der Waals surface area contributed by atoms with Gasteiger partial charge in [0.1, 0.15) is 0 Å². The summed E-state index contributed by atoms with van der Waals surface area (Å²) in [5.74, 6) is 0. The zero-order valence-electron chi connectivity index (χ0n) is 7.51. The first-order chi connectivity index (χ1) is 5.29. The zero-order chi connectivity index (χ0) is 7.84.